The number of aromatic nitrogens is 1. The summed E-state index contributed by atoms with van der Waals surface area (Å²) in [7, 11) is 0. The van der Waals surface area contributed by atoms with Crippen LogP contribution < -0.4 is 0 Å². The Balaban J connectivity index is 2.00. The molecular weight excluding hydrogens is 250 g/mol. The van der Waals surface area contributed by atoms with E-state index in [9.17, 15) is 0 Å². The van der Waals surface area contributed by atoms with Gasteiger partial charge in [0.25, 0.3) is 0 Å². The Morgan fingerprint density at radius 1 is 1.33 bits per heavy atom. The van der Waals surface area contributed by atoms with Gasteiger partial charge in [-0.25, -0.2) is 0 Å². The highest BCUT2D eigenvalue weighted by Crippen LogP contribution is 2.44. The van der Waals surface area contributed by atoms with Gasteiger partial charge < -0.3 is 0 Å². The Morgan fingerprint density at radius 2 is 1.93 bits per heavy atom. The summed E-state index contributed by atoms with van der Waals surface area (Å²) < 4.78 is 0. The quantitative estimate of drug-likeness (QED) is 0.756. The van der Waals surface area contributed by atoms with Crippen molar-refractivity contribution in [2.45, 2.75) is 43.9 Å². The number of nitrogens with zero attached hydrogens (tertiary/aromatic N) is 1. The molecule has 0 aromatic carbocycles. The SMILES string of the molecule is CC1(C(Br)Cc2ccncc2)CCCC1. The van der Waals surface area contributed by atoms with Crippen LogP contribution in [0.3, 0.4) is 0 Å². The molecule has 1 unspecified atom stereocenters. The van der Waals surface area contributed by atoms with Crippen molar-refractivity contribution in [1.82, 2.24) is 4.98 Å². The van der Waals surface area contributed by atoms with Crippen LogP contribution >= 0.6 is 15.9 Å². The fraction of sp³-hybridized carbons (Fsp3) is 0.615. The van der Waals surface area contributed by atoms with Crippen LogP contribution in [0, 0.1) is 5.41 Å². The molecule has 0 bridgehead atoms. The van der Waals surface area contributed by atoms with Crippen LogP contribution in [0.5, 0.6) is 0 Å². The second kappa shape index (κ2) is 4.65. The van der Waals surface area contributed by atoms with E-state index in [2.05, 4.69) is 40.0 Å². The summed E-state index contributed by atoms with van der Waals surface area (Å²) in [5.41, 5.74) is 1.89. The second-order valence-corrected chi connectivity index (χ2v) is 5.99. The van der Waals surface area contributed by atoms with Gasteiger partial charge in [0.15, 0.2) is 0 Å². The number of halogens is 1. The van der Waals surface area contributed by atoms with E-state index < -0.39 is 0 Å². The van der Waals surface area contributed by atoms with E-state index in [0.717, 1.165) is 6.42 Å². The fourth-order valence-electron chi connectivity index (χ4n) is 2.47. The van der Waals surface area contributed by atoms with Crippen LogP contribution in [-0.2, 0) is 6.42 Å². The summed E-state index contributed by atoms with van der Waals surface area (Å²) in [5, 5.41) is 0. The monoisotopic (exact) mass is 267 g/mol. The topological polar surface area (TPSA) is 12.9 Å². The minimum Gasteiger partial charge on any atom is -0.265 e. The molecule has 1 aliphatic carbocycles. The largest absolute Gasteiger partial charge is 0.265 e. The lowest BCUT2D eigenvalue weighted by Crippen LogP contribution is -2.26. The molecule has 1 fully saturated rings. The minimum atomic E-state index is 0.503. The van der Waals surface area contributed by atoms with Crippen LogP contribution in [0.25, 0.3) is 0 Å². The van der Waals surface area contributed by atoms with Gasteiger partial charge >= 0.3 is 0 Å². The highest BCUT2D eigenvalue weighted by atomic mass is 79.9. The maximum atomic E-state index is 4.05. The lowest BCUT2D eigenvalue weighted by molar-refractivity contribution is 0.325. The lowest BCUT2D eigenvalue weighted by atomic mass is 9.82. The number of pyridine rings is 1. The Morgan fingerprint density at radius 3 is 2.53 bits per heavy atom. The standard InChI is InChI=1S/C13H18BrN/c1-13(6-2-3-7-13)12(14)10-11-4-8-15-9-5-11/h4-5,8-9,12H,2-3,6-7,10H2,1H3. The molecule has 1 heterocycles. The van der Waals surface area contributed by atoms with Gasteiger partial charge in [-0.3, -0.25) is 4.98 Å². The maximum absolute atomic E-state index is 4.05. The molecule has 0 radical (unpaired) electrons. The highest BCUT2D eigenvalue weighted by molar-refractivity contribution is 9.09. The van der Waals surface area contributed by atoms with Crippen molar-refractivity contribution >= 4 is 15.9 Å². The second-order valence-electron chi connectivity index (χ2n) is 4.89. The fourth-order valence-corrected chi connectivity index (χ4v) is 3.30. The summed E-state index contributed by atoms with van der Waals surface area (Å²) in [6, 6.07) is 4.24. The van der Waals surface area contributed by atoms with E-state index in [1.807, 2.05) is 12.4 Å². The first-order valence-electron chi connectivity index (χ1n) is 5.74. The molecule has 1 nitrogen and oxygen atoms in total. The lowest BCUT2D eigenvalue weighted by Gasteiger charge is -2.29. The summed E-state index contributed by atoms with van der Waals surface area (Å²) in [4.78, 5) is 4.66. The molecular formula is C13H18BrN. The molecule has 1 atom stereocenters. The number of hydrogen-bond acceptors (Lipinski definition) is 1. The Bertz CT molecular complexity index is 304. The van der Waals surface area contributed by atoms with Crippen LogP contribution in [0.1, 0.15) is 38.2 Å². The van der Waals surface area contributed by atoms with Crippen LogP contribution in [-0.4, -0.2) is 9.81 Å². The van der Waals surface area contributed by atoms with Gasteiger partial charge in [-0.2, -0.15) is 0 Å². The third-order valence-electron chi connectivity index (χ3n) is 3.67. The van der Waals surface area contributed by atoms with E-state index >= 15 is 0 Å². The Kier molecular flexibility index (Phi) is 3.45. The smallest absolute Gasteiger partial charge is 0.0270 e. The normalized spacial score (nSPS) is 21.5. The molecule has 1 saturated carbocycles. The average Bonchev–Trinajstić information content (AvgIpc) is 2.68. The number of rotatable bonds is 3. The van der Waals surface area contributed by atoms with E-state index in [-0.39, 0.29) is 0 Å². The van der Waals surface area contributed by atoms with Gasteiger partial charge in [0, 0.05) is 17.2 Å². The van der Waals surface area contributed by atoms with Crippen molar-refractivity contribution in [1.29, 1.82) is 0 Å². The van der Waals surface area contributed by atoms with Gasteiger partial charge in [-0.1, -0.05) is 35.7 Å². The van der Waals surface area contributed by atoms with Gasteiger partial charge in [0.05, 0.1) is 0 Å². The van der Waals surface area contributed by atoms with E-state index in [1.165, 1.54) is 31.2 Å². The highest BCUT2D eigenvalue weighted by Gasteiger charge is 2.35. The van der Waals surface area contributed by atoms with Crippen LogP contribution in [0.4, 0.5) is 0 Å². The average molecular weight is 268 g/mol. The van der Waals surface area contributed by atoms with E-state index in [4.69, 9.17) is 0 Å². The van der Waals surface area contributed by atoms with Crippen molar-refractivity contribution < 1.29 is 0 Å². The first-order chi connectivity index (χ1) is 7.21. The van der Waals surface area contributed by atoms with Crippen molar-refractivity contribution in [3.05, 3.63) is 30.1 Å². The molecule has 1 aromatic heterocycles. The van der Waals surface area contributed by atoms with Crippen LogP contribution in [0.15, 0.2) is 24.5 Å². The van der Waals surface area contributed by atoms with E-state index in [1.54, 1.807) is 0 Å². The molecule has 0 aliphatic heterocycles. The Labute approximate surface area is 100 Å². The molecule has 0 N–H and O–H groups in total. The molecule has 82 valence electrons. The molecule has 0 amide bonds. The van der Waals surface area contributed by atoms with Gasteiger partial charge in [-0.15, -0.1) is 0 Å². The predicted octanol–water partition coefficient (Wildman–Crippen LogP) is 3.97. The zero-order valence-electron chi connectivity index (χ0n) is 9.25. The van der Waals surface area contributed by atoms with Crippen molar-refractivity contribution in [3.8, 4) is 0 Å². The molecule has 15 heavy (non-hydrogen) atoms. The van der Waals surface area contributed by atoms with E-state index in [0.29, 0.717) is 10.2 Å². The van der Waals surface area contributed by atoms with Crippen molar-refractivity contribution in [3.63, 3.8) is 0 Å². The molecule has 0 spiro atoms. The summed E-state index contributed by atoms with van der Waals surface area (Å²) >= 11 is 3.88. The summed E-state index contributed by atoms with van der Waals surface area (Å²) in [6.45, 7) is 2.42. The molecule has 1 aliphatic rings. The summed E-state index contributed by atoms with van der Waals surface area (Å²) in [6.07, 6.45) is 10.4. The third kappa shape index (κ3) is 2.60. The Hall–Kier alpha value is -0.370. The van der Waals surface area contributed by atoms with Crippen molar-refractivity contribution in [2.75, 3.05) is 0 Å². The maximum Gasteiger partial charge on any atom is 0.0270 e. The zero-order valence-corrected chi connectivity index (χ0v) is 10.8. The van der Waals surface area contributed by atoms with Crippen molar-refractivity contribution in [2.24, 2.45) is 5.41 Å². The third-order valence-corrected chi connectivity index (χ3v) is 5.10. The predicted molar refractivity (Wildman–Crippen MR) is 67.2 cm³/mol. The zero-order chi connectivity index (χ0) is 10.7. The van der Waals surface area contributed by atoms with Gasteiger partial charge in [-0.05, 0) is 42.4 Å². The minimum absolute atomic E-state index is 0.503. The first-order valence-corrected chi connectivity index (χ1v) is 6.65. The molecule has 0 saturated heterocycles. The first kappa shape index (κ1) is 11.1. The molecule has 2 heteroatoms. The number of alkyl halides is 1. The number of hydrogen-bond donors (Lipinski definition) is 0. The van der Waals surface area contributed by atoms with Crippen LogP contribution in [0.2, 0.25) is 0 Å². The molecule has 1 aromatic rings. The van der Waals surface area contributed by atoms with Gasteiger partial charge in [0.1, 0.15) is 0 Å². The van der Waals surface area contributed by atoms with Gasteiger partial charge in [0.2, 0.25) is 0 Å². The molecule has 2 rings (SSSR count). The summed E-state index contributed by atoms with van der Waals surface area (Å²) in [5.74, 6) is 0.